The highest BCUT2D eigenvalue weighted by atomic mass is 15.0. The van der Waals surface area contributed by atoms with Crippen LogP contribution in [0, 0.1) is 36.5 Å². The van der Waals surface area contributed by atoms with Gasteiger partial charge in [0.15, 0.2) is 0 Å². The van der Waals surface area contributed by atoms with E-state index in [4.69, 9.17) is 0 Å². The van der Waals surface area contributed by atoms with E-state index in [-0.39, 0.29) is 0 Å². The lowest BCUT2D eigenvalue weighted by Gasteiger charge is -2.14. The van der Waals surface area contributed by atoms with E-state index in [2.05, 4.69) is 69.3 Å². The van der Waals surface area contributed by atoms with Gasteiger partial charge in [-0.25, -0.2) is 0 Å². The van der Waals surface area contributed by atoms with Crippen molar-refractivity contribution in [2.24, 2.45) is 23.7 Å². The summed E-state index contributed by atoms with van der Waals surface area (Å²) in [4.78, 5) is 0. The van der Waals surface area contributed by atoms with Crippen molar-refractivity contribution < 1.29 is 0 Å². The molecule has 0 amide bonds. The molecule has 1 aromatic rings. The normalized spacial score (nSPS) is 23.0. The predicted octanol–water partition coefficient (Wildman–Crippen LogP) is 5.95. The second-order valence-electron chi connectivity index (χ2n) is 7.53. The van der Waals surface area contributed by atoms with Gasteiger partial charge >= 0.3 is 0 Å². The Kier molecular flexibility index (Phi) is 11.3. The maximum absolute atomic E-state index is 4.00. The zero-order valence-corrected chi connectivity index (χ0v) is 16.7. The largest absolute Gasteiger partial charge is 0.316 e. The molecule has 1 saturated carbocycles. The van der Waals surface area contributed by atoms with Gasteiger partial charge in [0.25, 0.3) is 0 Å². The smallest absolute Gasteiger partial charge is 0.00144 e. The van der Waals surface area contributed by atoms with Crippen molar-refractivity contribution in [2.75, 3.05) is 13.1 Å². The Morgan fingerprint density at radius 2 is 1.48 bits per heavy atom. The van der Waals surface area contributed by atoms with Crippen LogP contribution in [0.5, 0.6) is 0 Å². The highest BCUT2D eigenvalue weighted by molar-refractivity contribution is 5.14. The quantitative estimate of drug-likeness (QED) is 0.576. The average molecular weight is 342 g/mol. The summed E-state index contributed by atoms with van der Waals surface area (Å²) in [6, 6.07) is 10.9. The third kappa shape index (κ3) is 7.66. The van der Waals surface area contributed by atoms with Gasteiger partial charge in [0.1, 0.15) is 0 Å². The van der Waals surface area contributed by atoms with Crippen LogP contribution in [0.25, 0.3) is 0 Å². The Morgan fingerprint density at radius 1 is 0.920 bits per heavy atom. The molecule has 2 unspecified atom stereocenters. The van der Waals surface area contributed by atoms with Gasteiger partial charge < -0.3 is 5.32 Å². The molecule has 1 heterocycles. The van der Waals surface area contributed by atoms with Crippen molar-refractivity contribution in [2.45, 2.75) is 65.7 Å². The Morgan fingerprint density at radius 3 is 1.92 bits per heavy atom. The van der Waals surface area contributed by atoms with Gasteiger partial charge in [0.2, 0.25) is 0 Å². The van der Waals surface area contributed by atoms with Crippen molar-refractivity contribution in [3.8, 4) is 12.8 Å². The summed E-state index contributed by atoms with van der Waals surface area (Å²) >= 11 is 0. The third-order valence-electron chi connectivity index (χ3n) is 5.82. The molecule has 1 saturated heterocycles. The predicted molar refractivity (Wildman–Crippen MR) is 112 cm³/mol. The number of piperidine rings is 1. The van der Waals surface area contributed by atoms with E-state index >= 15 is 0 Å². The number of hydrogen-bond acceptors (Lipinski definition) is 1. The SMILES string of the molecule is C#C.CCC1C2CNCC12.CCCC(CCC)CCc1ccccc1. The molecule has 140 valence electrons. The standard InChI is InChI=1S/C15H24.C7H13N.C2H2/c1-3-8-14(9-4-2)12-13-15-10-6-5-7-11-15;1-2-5-6-3-8-4-7(5)6;1-2/h5-7,10-11,14H,3-4,8-9,12-13H2,1-2H3;5-8H,2-4H2,1H3;1-2H. The second-order valence-corrected chi connectivity index (χ2v) is 7.53. The number of nitrogens with one attached hydrogen (secondary N) is 1. The van der Waals surface area contributed by atoms with Gasteiger partial charge in [-0.3, -0.25) is 0 Å². The number of fused-ring (bicyclic) bond motifs is 1. The molecule has 0 radical (unpaired) electrons. The lowest BCUT2D eigenvalue weighted by Crippen LogP contribution is -2.14. The van der Waals surface area contributed by atoms with Gasteiger partial charge in [0.05, 0.1) is 0 Å². The highest BCUT2D eigenvalue weighted by Gasteiger charge is 2.50. The summed E-state index contributed by atoms with van der Waals surface area (Å²) in [5, 5.41) is 3.39. The first-order valence-electron chi connectivity index (χ1n) is 10.4. The first-order chi connectivity index (χ1) is 12.3. The number of hydrogen-bond donors (Lipinski definition) is 1. The molecule has 1 heteroatoms. The van der Waals surface area contributed by atoms with Crippen molar-refractivity contribution in [1.29, 1.82) is 0 Å². The van der Waals surface area contributed by atoms with E-state index in [1.165, 1.54) is 63.6 Å². The van der Waals surface area contributed by atoms with Crippen LogP contribution < -0.4 is 5.32 Å². The van der Waals surface area contributed by atoms with Gasteiger partial charge in [-0.15, -0.1) is 12.8 Å². The molecule has 25 heavy (non-hydrogen) atoms. The van der Waals surface area contributed by atoms with Gasteiger partial charge in [-0.1, -0.05) is 83.2 Å². The molecular formula is C24H39N. The number of rotatable bonds is 8. The molecule has 2 aliphatic rings. The molecular weight excluding hydrogens is 302 g/mol. The van der Waals surface area contributed by atoms with E-state index in [1.54, 1.807) is 0 Å². The van der Waals surface area contributed by atoms with Crippen molar-refractivity contribution in [3.63, 3.8) is 0 Å². The first-order valence-corrected chi connectivity index (χ1v) is 10.4. The fourth-order valence-electron chi connectivity index (χ4n) is 4.42. The van der Waals surface area contributed by atoms with Crippen LogP contribution in [-0.2, 0) is 6.42 Å². The molecule has 0 aromatic heterocycles. The Balaban J connectivity index is 0.000000259. The fraction of sp³-hybridized carbons (Fsp3) is 0.667. The molecule has 0 spiro atoms. The van der Waals surface area contributed by atoms with Crippen LogP contribution in [0.2, 0.25) is 0 Å². The maximum Gasteiger partial charge on any atom is -0.00144 e. The fourth-order valence-corrected chi connectivity index (χ4v) is 4.42. The summed E-state index contributed by atoms with van der Waals surface area (Å²) in [6.07, 6.45) is 17.5. The minimum Gasteiger partial charge on any atom is -0.316 e. The third-order valence-corrected chi connectivity index (χ3v) is 5.82. The van der Waals surface area contributed by atoms with Crippen LogP contribution in [0.3, 0.4) is 0 Å². The van der Waals surface area contributed by atoms with Crippen LogP contribution in [0.1, 0.15) is 64.9 Å². The summed E-state index contributed by atoms with van der Waals surface area (Å²) in [5.74, 6) is 4.22. The monoisotopic (exact) mass is 341 g/mol. The van der Waals surface area contributed by atoms with E-state index in [0.717, 1.165) is 23.7 Å². The van der Waals surface area contributed by atoms with E-state index in [1.807, 2.05) is 0 Å². The second kappa shape index (κ2) is 13.0. The maximum atomic E-state index is 4.00. The Hall–Kier alpha value is -1.26. The highest BCUT2D eigenvalue weighted by Crippen LogP contribution is 2.50. The lowest BCUT2D eigenvalue weighted by atomic mass is 9.91. The van der Waals surface area contributed by atoms with Crippen LogP contribution in [0.4, 0.5) is 0 Å². The van der Waals surface area contributed by atoms with Crippen LogP contribution >= 0.6 is 0 Å². The van der Waals surface area contributed by atoms with Crippen LogP contribution in [0.15, 0.2) is 30.3 Å². The van der Waals surface area contributed by atoms with E-state index in [0.29, 0.717) is 0 Å². The minimum absolute atomic E-state index is 0.945. The topological polar surface area (TPSA) is 12.0 Å². The summed E-state index contributed by atoms with van der Waals surface area (Å²) in [7, 11) is 0. The molecule has 2 atom stereocenters. The molecule has 2 fully saturated rings. The summed E-state index contributed by atoms with van der Waals surface area (Å²) in [5.41, 5.74) is 1.50. The minimum atomic E-state index is 0.945. The first kappa shape index (κ1) is 21.8. The lowest BCUT2D eigenvalue weighted by molar-refractivity contribution is 0.411. The van der Waals surface area contributed by atoms with Crippen molar-refractivity contribution in [1.82, 2.24) is 5.32 Å². The summed E-state index contributed by atoms with van der Waals surface area (Å²) < 4.78 is 0. The Bertz CT molecular complexity index is 427. The van der Waals surface area contributed by atoms with Gasteiger partial charge in [-0.2, -0.15) is 0 Å². The van der Waals surface area contributed by atoms with Gasteiger partial charge in [0, 0.05) is 0 Å². The van der Waals surface area contributed by atoms with Crippen molar-refractivity contribution >= 4 is 0 Å². The molecule has 1 N–H and O–H groups in total. The number of terminal acetylenes is 1. The molecule has 1 aliphatic heterocycles. The van der Waals surface area contributed by atoms with E-state index in [9.17, 15) is 0 Å². The number of benzene rings is 1. The zero-order valence-electron chi connectivity index (χ0n) is 16.7. The van der Waals surface area contributed by atoms with Crippen molar-refractivity contribution in [3.05, 3.63) is 35.9 Å². The summed E-state index contributed by atoms with van der Waals surface area (Å²) in [6.45, 7) is 9.52. The van der Waals surface area contributed by atoms with E-state index < -0.39 is 0 Å². The van der Waals surface area contributed by atoms with Crippen LogP contribution in [-0.4, -0.2) is 13.1 Å². The Labute approximate surface area is 157 Å². The molecule has 1 aromatic carbocycles. The number of aryl methyl sites for hydroxylation is 1. The average Bonchev–Trinajstić information content (AvgIpc) is 3.12. The molecule has 1 nitrogen and oxygen atoms in total. The molecule has 0 bridgehead atoms. The molecule has 1 aliphatic carbocycles. The zero-order chi connectivity index (χ0) is 18.5. The van der Waals surface area contributed by atoms with Gasteiger partial charge in [-0.05, 0) is 55.2 Å². The molecule has 3 rings (SSSR count).